The summed E-state index contributed by atoms with van der Waals surface area (Å²) in [6.45, 7) is 0. The molecule has 0 aliphatic carbocycles. The first-order valence-electron chi connectivity index (χ1n) is 1.42. The lowest BCUT2D eigenvalue weighted by Crippen LogP contribution is -2.25. The highest BCUT2D eigenvalue weighted by molar-refractivity contribution is 7.80. The molecule has 0 aromatic heterocycles. The highest BCUT2D eigenvalue weighted by Crippen LogP contribution is 1.54. The van der Waals surface area contributed by atoms with Crippen LogP contribution in [-0.4, -0.2) is 12.9 Å². The topological polar surface area (TPSA) is 24.1 Å². The van der Waals surface area contributed by atoms with Gasteiger partial charge in [0, 0.05) is 0 Å². The molecule has 0 fully saturated rings. The van der Waals surface area contributed by atoms with Crippen molar-refractivity contribution in [3.8, 4) is 0 Å². The van der Waals surface area contributed by atoms with Gasteiger partial charge in [-0.3, -0.25) is 5.43 Å². The van der Waals surface area contributed by atoms with E-state index in [0.717, 1.165) is 0 Å². The maximum absolute atomic E-state index is 3.83. The van der Waals surface area contributed by atoms with Gasteiger partial charge in [-0.25, -0.2) is 5.43 Å². The van der Waals surface area contributed by atoms with Crippen molar-refractivity contribution in [2.24, 2.45) is 0 Å². The fourth-order valence-corrected chi connectivity index (χ4v) is 0.237. The van der Waals surface area contributed by atoms with Crippen molar-refractivity contribution in [1.29, 1.82) is 0 Å². The molecule has 5 heavy (non-hydrogen) atoms. The van der Waals surface area contributed by atoms with Gasteiger partial charge in [0.2, 0.25) is 0 Å². The van der Waals surface area contributed by atoms with Crippen LogP contribution in [0.1, 0.15) is 0 Å². The summed E-state index contributed by atoms with van der Waals surface area (Å²) >= 11 is 3.83. The quantitative estimate of drug-likeness (QED) is 0.245. The van der Waals surface area contributed by atoms with Crippen LogP contribution >= 0.6 is 12.6 Å². The van der Waals surface area contributed by atoms with E-state index in [4.69, 9.17) is 0 Å². The largest absolute Gasteiger partial charge is 0.260 e. The van der Waals surface area contributed by atoms with Gasteiger partial charge in [0.15, 0.2) is 0 Å². The van der Waals surface area contributed by atoms with Gasteiger partial charge < -0.3 is 0 Å². The number of hydrogen-bond donors (Lipinski definition) is 3. The molecule has 0 spiro atoms. The van der Waals surface area contributed by atoms with Crippen molar-refractivity contribution in [3.63, 3.8) is 0 Å². The number of hydrazine groups is 1. The van der Waals surface area contributed by atoms with Crippen LogP contribution in [0.15, 0.2) is 0 Å². The second-order valence-electron chi connectivity index (χ2n) is 0.585. The third-order valence-electron chi connectivity index (χ3n) is 0.256. The molecule has 0 radical (unpaired) electrons. The van der Waals surface area contributed by atoms with Crippen molar-refractivity contribution < 1.29 is 0 Å². The minimum absolute atomic E-state index is 0.677. The van der Waals surface area contributed by atoms with Gasteiger partial charge in [-0.05, 0) is 7.05 Å². The Bertz CT molecular complexity index is 15.1. The predicted molar refractivity (Wildman–Crippen MR) is 26.0 cm³/mol. The summed E-state index contributed by atoms with van der Waals surface area (Å²) < 4.78 is 0. The zero-order valence-electron chi connectivity index (χ0n) is 3.15. The summed E-state index contributed by atoms with van der Waals surface area (Å²) in [4.78, 5) is 0. The number of nitrogens with one attached hydrogen (secondary N) is 2. The molecule has 2 nitrogen and oxygen atoms in total. The summed E-state index contributed by atoms with van der Waals surface area (Å²) in [7, 11) is 1.80. The van der Waals surface area contributed by atoms with Crippen LogP contribution in [0.2, 0.25) is 0 Å². The summed E-state index contributed by atoms with van der Waals surface area (Å²) in [5.41, 5.74) is 5.42. The molecule has 0 saturated heterocycles. The smallest absolute Gasteiger partial charge is 0.0526 e. The van der Waals surface area contributed by atoms with Crippen LogP contribution in [-0.2, 0) is 0 Å². The average Bonchev–Trinajstić information content (AvgIpc) is 1.41. The third kappa shape index (κ3) is 4.27. The SMILES string of the molecule is CNNCS. The molecule has 0 saturated carbocycles. The van der Waals surface area contributed by atoms with Gasteiger partial charge in [0.25, 0.3) is 0 Å². The van der Waals surface area contributed by atoms with E-state index in [9.17, 15) is 0 Å². The Balaban J connectivity index is 2.19. The Hall–Kier alpha value is 0.270. The monoisotopic (exact) mass is 92.0 g/mol. The second-order valence-corrected chi connectivity index (χ2v) is 0.901. The van der Waals surface area contributed by atoms with Crippen LogP contribution < -0.4 is 10.9 Å². The van der Waals surface area contributed by atoms with Crippen LogP contribution in [0.25, 0.3) is 0 Å². The Labute approximate surface area is 37.3 Å². The summed E-state index contributed by atoms with van der Waals surface area (Å²) in [6.07, 6.45) is 0. The van der Waals surface area contributed by atoms with E-state index in [2.05, 4.69) is 23.5 Å². The third-order valence-corrected chi connectivity index (χ3v) is 0.414. The van der Waals surface area contributed by atoms with Gasteiger partial charge in [0.05, 0.1) is 5.88 Å². The van der Waals surface area contributed by atoms with E-state index >= 15 is 0 Å². The van der Waals surface area contributed by atoms with Gasteiger partial charge in [-0.2, -0.15) is 12.6 Å². The highest BCUT2D eigenvalue weighted by Gasteiger charge is 1.60. The molecule has 0 atom stereocenters. The molecule has 32 valence electrons. The zero-order chi connectivity index (χ0) is 4.12. The Morgan fingerprint density at radius 3 is 2.40 bits per heavy atom. The maximum atomic E-state index is 3.83. The molecule has 3 heteroatoms. The molecular weight excluding hydrogens is 84.1 g/mol. The standard InChI is InChI=1S/C2H8N2S/c1-3-4-2-5/h3-5H,2H2,1H3. The maximum Gasteiger partial charge on any atom is 0.0526 e. The van der Waals surface area contributed by atoms with Crippen molar-refractivity contribution in [2.75, 3.05) is 12.9 Å². The molecule has 0 aromatic carbocycles. The van der Waals surface area contributed by atoms with Crippen molar-refractivity contribution in [1.82, 2.24) is 10.9 Å². The van der Waals surface area contributed by atoms with Crippen LogP contribution in [0, 0.1) is 0 Å². The Kier molecular flexibility index (Phi) is 4.50. The molecule has 0 aliphatic heterocycles. The minimum atomic E-state index is 0.677. The number of rotatable bonds is 2. The normalized spacial score (nSPS) is 8.40. The fourth-order valence-electron chi connectivity index (χ4n) is 0.0791. The van der Waals surface area contributed by atoms with Crippen molar-refractivity contribution in [2.45, 2.75) is 0 Å². The van der Waals surface area contributed by atoms with Crippen molar-refractivity contribution >= 4 is 12.6 Å². The molecule has 0 heterocycles. The van der Waals surface area contributed by atoms with Gasteiger partial charge in [-0.15, -0.1) is 0 Å². The molecule has 0 unspecified atom stereocenters. The Morgan fingerprint density at radius 2 is 2.40 bits per heavy atom. The summed E-state index contributed by atoms with van der Waals surface area (Å²) in [6, 6.07) is 0. The van der Waals surface area contributed by atoms with Gasteiger partial charge in [-0.1, -0.05) is 0 Å². The first kappa shape index (κ1) is 5.27. The van der Waals surface area contributed by atoms with Crippen LogP contribution in [0.5, 0.6) is 0 Å². The molecule has 2 N–H and O–H groups in total. The van der Waals surface area contributed by atoms with E-state index in [1.54, 1.807) is 7.05 Å². The van der Waals surface area contributed by atoms with E-state index < -0.39 is 0 Å². The lowest BCUT2D eigenvalue weighted by Gasteiger charge is -1.89. The molecule has 0 bridgehead atoms. The molecule has 0 rings (SSSR count). The van der Waals surface area contributed by atoms with Crippen LogP contribution in [0.3, 0.4) is 0 Å². The first-order chi connectivity index (χ1) is 2.41. The summed E-state index contributed by atoms with van der Waals surface area (Å²) in [5, 5.41) is 0. The van der Waals surface area contributed by atoms with E-state index in [-0.39, 0.29) is 0 Å². The second kappa shape index (κ2) is 4.27. The summed E-state index contributed by atoms with van der Waals surface area (Å²) in [5.74, 6) is 0.677. The lowest BCUT2D eigenvalue weighted by molar-refractivity contribution is 0.675. The first-order valence-corrected chi connectivity index (χ1v) is 2.05. The number of hydrogen-bond acceptors (Lipinski definition) is 3. The van der Waals surface area contributed by atoms with E-state index in [0.29, 0.717) is 5.88 Å². The molecule has 0 aliphatic rings. The predicted octanol–water partition coefficient (Wildman–Crippen LogP) is -0.402. The Morgan fingerprint density at radius 1 is 1.80 bits per heavy atom. The fraction of sp³-hybridized carbons (Fsp3) is 1.00. The zero-order valence-corrected chi connectivity index (χ0v) is 4.05. The minimum Gasteiger partial charge on any atom is -0.260 e. The van der Waals surface area contributed by atoms with Crippen LogP contribution in [0.4, 0.5) is 0 Å². The lowest BCUT2D eigenvalue weighted by atomic mass is 11.4. The molecular formula is C2H8N2S. The van der Waals surface area contributed by atoms with E-state index in [1.165, 1.54) is 0 Å². The highest BCUT2D eigenvalue weighted by atomic mass is 32.1. The van der Waals surface area contributed by atoms with Crippen molar-refractivity contribution in [3.05, 3.63) is 0 Å². The molecule has 0 aromatic rings. The average molecular weight is 92.2 g/mol. The van der Waals surface area contributed by atoms with Gasteiger partial charge in [0.1, 0.15) is 0 Å². The molecule has 0 amide bonds. The van der Waals surface area contributed by atoms with E-state index in [1.807, 2.05) is 0 Å². The van der Waals surface area contributed by atoms with Gasteiger partial charge >= 0.3 is 0 Å². The number of thiol groups is 1.